The molecule has 3 heterocycles. The number of hydrogen-bond acceptors (Lipinski definition) is 5. The van der Waals surface area contributed by atoms with Crippen LogP contribution in [0.15, 0.2) is 36.8 Å². The van der Waals surface area contributed by atoms with Gasteiger partial charge in [0.2, 0.25) is 0 Å². The molecule has 0 radical (unpaired) electrons. The van der Waals surface area contributed by atoms with Crippen LogP contribution >= 0.6 is 0 Å². The molecule has 1 aliphatic heterocycles. The van der Waals surface area contributed by atoms with Gasteiger partial charge in [0.05, 0.1) is 0 Å². The molecule has 24 heavy (non-hydrogen) atoms. The molecule has 2 aromatic heterocycles. The smallest absolute Gasteiger partial charge is 0.357 e. The molecular weight excluding hydrogens is 319 g/mol. The number of anilines is 2. The number of halogens is 3. The van der Waals surface area contributed by atoms with E-state index in [0.29, 0.717) is 24.9 Å². The summed E-state index contributed by atoms with van der Waals surface area (Å²) in [6, 6.07) is 7.08. The van der Waals surface area contributed by atoms with Crippen molar-refractivity contribution in [1.29, 1.82) is 0 Å². The minimum absolute atomic E-state index is 0.306. The highest BCUT2D eigenvalue weighted by Gasteiger charge is 2.33. The minimum atomic E-state index is -4.45. The molecule has 5 nitrogen and oxygen atoms in total. The third-order valence-corrected chi connectivity index (χ3v) is 4.29. The predicted molar refractivity (Wildman–Crippen MR) is 84.9 cm³/mol. The van der Waals surface area contributed by atoms with E-state index in [1.807, 2.05) is 30.1 Å². The molecule has 0 saturated carbocycles. The molecule has 0 bridgehead atoms. The van der Waals surface area contributed by atoms with Crippen molar-refractivity contribution in [3.05, 3.63) is 42.5 Å². The van der Waals surface area contributed by atoms with Crippen molar-refractivity contribution in [2.24, 2.45) is 0 Å². The summed E-state index contributed by atoms with van der Waals surface area (Å²) in [5.74, 6) is 1.23. The van der Waals surface area contributed by atoms with Gasteiger partial charge in [-0.1, -0.05) is 6.07 Å². The van der Waals surface area contributed by atoms with E-state index in [1.165, 1.54) is 0 Å². The van der Waals surface area contributed by atoms with Crippen molar-refractivity contribution in [1.82, 2.24) is 15.0 Å². The van der Waals surface area contributed by atoms with E-state index >= 15 is 0 Å². The number of piperidine rings is 1. The van der Waals surface area contributed by atoms with Crippen LogP contribution in [0.25, 0.3) is 0 Å². The van der Waals surface area contributed by atoms with Crippen molar-refractivity contribution >= 4 is 11.6 Å². The molecule has 0 N–H and O–H groups in total. The Morgan fingerprint density at radius 3 is 2.50 bits per heavy atom. The normalized spacial score (nSPS) is 16.2. The second kappa shape index (κ2) is 6.62. The number of aromatic nitrogens is 3. The van der Waals surface area contributed by atoms with E-state index < -0.39 is 11.9 Å². The van der Waals surface area contributed by atoms with Gasteiger partial charge in [-0.2, -0.15) is 13.2 Å². The fraction of sp³-hybridized carbons (Fsp3) is 0.438. The third kappa shape index (κ3) is 3.58. The number of rotatable bonds is 3. The number of hydrogen-bond donors (Lipinski definition) is 0. The van der Waals surface area contributed by atoms with Crippen molar-refractivity contribution < 1.29 is 13.2 Å². The summed E-state index contributed by atoms with van der Waals surface area (Å²) in [5, 5.41) is 0. The first kappa shape index (κ1) is 16.5. The highest BCUT2D eigenvalue weighted by atomic mass is 19.4. The van der Waals surface area contributed by atoms with Gasteiger partial charge in [0.1, 0.15) is 23.7 Å². The Labute approximate surface area is 138 Å². The van der Waals surface area contributed by atoms with Crippen molar-refractivity contribution in [3.8, 4) is 0 Å². The minimum Gasteiger partial charge on any atom is -0.357 e. The van der Waals surface area contributed by atoms with Crippen LogP contribution in [-0.2, 0) is 6.18 Å². The van der Waals surface area contributed by atoms with Crippen LogP contribution in [0, 0.1) is 0 Å². The molecule has 1 fully saturated rings. The number of alkyl halides is 3. The molecule has 0 aliphatic carbocycles. The van der Waals surface area contributed by atoms with Gasteiger partial charge in [-0.25, -0.2) is 15.0 Å². The molecule has 128 valence electrons. The first-order chi connectivity index (χ1) is 11.4. The van der Waals surface area contributed by atoms with Crippen LogP contribution in [0.2, 0.25) is 0 Å². The first-order valence-corrected chi connectivity index (χ1v) is 7.73. The zero-order chi connectivity index (χ0) is 17.2. The lowest BCUT2D eigenvalue weighted by Gasteiger charge is -2.37. The summed E-state index contributed by atoms with van der Waals surface area (Å²) in [5.41, 5.74) is -0.903. The van der Waals surface area contributed by atoms with Gasteiger partial charge in [0, 0.05) is 38.4 Å². The van der Waals surface area contributed by atoms with Crippen LogP contribution in [0.5, 0.6) is 0 Å². The van der Waals surface area contributed by atoms with Gasteiger partial charge in [-0.3, -0.25) is 0 Å². The Morgan fingerprint density at radius 2 is 1.88 bits per heavy atom. The molecule has 1 aliphatic rings. The molecule has 3 rings (SSSR count). The van der Waals surface area contributed by atoms with E-state index in [9.17, 15) is 13.2 Å². The Hall–Kier alpha value is -2.38. The van der Waals surface area contributed by atoms with E-state index in [1.54, 1.807) is 6.20 Å². The Bertz CT molecular complexity index is 669. The van der Waals surface area contributed by atoms with E-state index in [-0.39, 0.29) is 0 Å². The van der Waals surface area contributed by atoms with Gasteiger partial charge < -0.3 is 9.80 Å². The van der Waals surface area contributed by atoms with Gasteiger partial charge in [0.15, 0.2) is 0 Å². The molecule has 0 unspecified atom stereocenters. The zero-order valence-electron chi connectivity index (χ0n) is 13.2. The zero-order valence-corrected chi connectivity index (χ0v) is 13.2. The standard InChI is InChI=1S/C16H18F3N5/c1-23(14-4-2-3-7-20-14)12-5-8-24(9-6-12)15-10-13(16(17,18)19)21-11-22-15/h2-4,7,10-12H,5-6,8-9H2,1H3. The average Bonchev–Trinajstić information content (AvgIpc) is 2.61. The predicted octanol–water partition coefficient (Wildman–Crippen LogP) is 3.00. The van der Waals surface area contributed by atoms with E-state index in [0.717, 1.165) is 31.1 Å². The van der Waals surface area contributed by atoms with E-state index in [2.05, 4.69) is 19.9 Å². The molecule has 2 aromatic rings. The number of nitrogens with zero attached hydrogens (tertiary/aromatic N) is 5. The van der Waals surface area contributed by atoms with Crippen LogP contribution in [0.4, 0.5) is 24.8 Å². The molecule has 1 saturated heterocycles. The van der Waals surface area contributed by atoms with E-state index in [4.69, 9.17) is 0 Å². The molecule has 0 atom stereocenters. The van der Waals surface area contributed by atoms with Gasteiger partial charge in [-0.15, -0.1) is 0 Å². The second-order valence-corrected chi connectivity index (χ2v) is 5.78. The van der Waals surface area contributed by atoms with Crippen LogP contribution in [0.3, 0.4) is 0 Å². The molecule has 0 spiro atoms. The van der Waals surface area contributed by atoms with Crippen molar-refractivity contribution in [2.75, 3.05) is 29.9 Å². The summed E-state index contributed by atoms with van der Waals surface area (Å²) in [4.78, 5) is 15.6. The Kier molecular flexibility index (Phi) is 4.55. The van der Waals surface area contributed by atoms with Crippen molar-refractivity contribution in [2.45, 2.75) is 25.1 Å². The molecule has 0 aromatic carbocycles. The monoisotopic (exact) mass is 337 g/mol. The highest BCUT2D eigenvalue weighted by Crippen LogP contribution is 2.30. The van der Waals surface area contributed by atoms with Crippen LogP contribution in [-0.4, -0.2) is 41.1 Å². The Morgan fingerprint density at radius 1 is 1.12 bits per heavy atom. The highest BCUT2D eigenvalue weighted by molar-refractivity contribution is 5.42. The van der Waals surface area contributed by atoms with Crippen molar-refractivity contribution in [3.63, 3.8) is 0 Å². The lowest BCUT2D eigenvalue weighted by Crippen LogP contribution is -2.44. The lowest BCUT2D eigenvalue weighted by atomic mass is 10.0. The van der Waals surface area contributed by atoms with Gasteiger partial charge in [0.25, 0.3) is 0 Å². The average molecular weight is 337 g/mol. The van der Waals surface area contributed by atoms with Gasteiger partial charge in [-0.05, 0) is 25.0 Å². The number of pyridine rings is 1. The summed E-state index contributed by atoms with van der Waals surface area (Å²) in [7, 11) is 2.00. The quantitative estimate of drug-likeness (QED) is 0.862. The molecular formula is C16H18F3N5. The van der Waals surface area contributed by atoms with Gasteiger partial charge >= 0.3 is 6.18 Å². The largest absolute Gasteiger partial charge is 0.433 e. The molecule has 0 amide bonds. The van der Waals surface area contributed by atoms with Crippen LogP contribution in [0.1, 0.15) is 18.5 Å². The maximum absolute atomic E-state index is 12.8. The first-order valence-electron chi connectivity index (χ1n) is 7.73. The topological polar surface area (TPSA) is 45.2 Å². The Balaban J connectivity index is 1.65. The molecule has 8 heteroatoms. The fourth-order valence-electron chi connectivity index (χ4n) is 2.91. The maximum Gasteiger partial charge on any atom is 0.433 e. The summed E-state index contributed by atoms with van der Waals surface area (Å²) >= 11 is 0. The summed E-state index contributed by atoms with van der Waals surface area (Å²) in [6.07, 6.45) is -0.0587. The summed E-state index contributed by atoms with van der Waals surface area (Å²) < 4.78 is 38.3. The maximum atomic E-state index is 12.8. The SMILES string of the molecule is CN(c1ccccn1)C1CCN(c2cc(C(F)(F)F)ncn2)CC1. The fourth-order valence-corrected chi connectivity index (χ4v) is 2.91. The lowest BCUT2D eigenvalue weighted by molar-refractivity contribution is -0.141. The third-order valence-electron chi connectivity index (χ3n) is 4.29. The second-order valence-electron chi connectivity index (χ2n) is 5.78. The van der Waals surface area contributed by atoms with Crippen LogP contribution < -0.4 is 9.80 Å². The summed E-state index contributed by atoms with van der Waals surface area (Å²) in [6.45, 7) is 1.30.